The van der Waals surface area contributed by atoms with Crippen molar-refractivity contribution in [3.8, 4) is 0 Å². The Morgan fingerprint density at radius 3 is 2.69 bits per heavy atom. The number of hydrogen-bond donors (Lipinski definition) is 2. The topological polar surface area (TPSA) is 75.8 Å². The number of rotatable bonds is 2. The second-order valence-corrected chi connectivity index (χ2v) is 5.52. The molecule has 1 aliphatic heterocycles. The summed E-state index contributed by atoms with van der Waals surface area (Å²) < 4.78 is 5.65. The van der Waals surface area contributed by atoms with Gasteiger partial charge < -0.3 is 20.5 Å². The molecular formula is C11H20N2O3. The zero-order chi connectivity index (χ0) is 12.0. The van der Waals surface area contributed by atoms with Crippen LogP contribution >= 0.6 is 0 Å². The van der Waals surface area contributed by atoms with Crippen molar-refractivity contribution in [2.75, 3.05) is 19.7 Å². The maximum atomic E-state index is 12.1. The monoisotopic (exact) mass is 228 g/mol. The minimum atomic E-state index is -0.632. The number of hydrogen-bond acceptors (Lipinski definition) is 4. The van der Waals surface area contributed by atoms with Gasteiger partial charge in [-0.1, -0.05) is 0 Å². The van der Waals surface area contributed by atoms with Crippen LogP contribution in [0.2, 0.25) is 0 Å². The van der Waals surface area contributed by atoms with Crippen LogP contribution < -0.4 is 5.73 Å². The van der Waals surface area contributed by atoms with Crippen molar-refractivity contribution < 1.29 is 14.6 Å². The standard InChI is InChI=1S/C11H20N2O3/c1-10(2)7-13(5-8(6-14)16-10)9(15)11(12)3-4-11/h8,14H,3-7,12H2,1-2H3. The lowest BCUT2D eigenvalue weighted by atomic mass is 10.0. The molecule has 0 bridgehead atoms. The Morgan fingerprint density at radius 1 is 1.56 bits per heavy atom. The van der Waals surface area contributed by atoms with Crippen LogP contribution in [0.25, 0.3) is 0 Å². The summed E-state index contributed by atoms with van der Waals surface area (Å²) in [5, 5.41) is 9.15. The molecular weight excluding hydrogens is 208 g/mol. The van der Waals surface area contributed by atoms with Gasteiger partial charge in [0.2, 0.25) is 5.91 Å². The summed E-state index contributed by atoms with van der Waals surface area (Å²) >= 11 is 0. The van der Waals surface area contributed by atoms with E-state index in [2.05, 4.69) is 0 Å². The van der Waals surface area contributed by atoms with Crippen molar-refractivity contribution in [2.45, 2.75) is 43.9 Å². The van der Waals surface area contributed by atoms with Gasteiger partial charge in [-0.2, -0.15) is 0 Å². The lowest BCUT2D eigenvalue weighted by Crippen LogP contribution is -2.59. The molecule has 0 spiro atoms. The second kappa shape index (κ2) is 3.68. The summed E-state index contributed by atoms with van der Waals surface area (Å²) in [6.45, 7) is 4.76. The van der Waals surface area contributed by atoms with E-state index in [1.54, 1.807) is 4.90 Å². The fraction of sp³-hybridized carbons (Fsp3) is 0.909. The van der Waals surface area contributed by atoms with Crippen LogP contribution in [0.4, 0.5) is 0 Å². The molecule has 1 heterocycles. The van der Waals surface area contributed by atoms with Crippen LogP contribution in [0, 0.1) is 0 Å². The number of ether oxygens (including phenoxy) is 1. The molecule has 0 aromatic rings. The van der Waals surface area contributed by atoms with Crippen LogP contribution in [0.5, 0.6) is 0 Å². The Balaban J connectivity index is 2.06. The zero-order valence-electron chi connectivity index (χ0n) is 9.90. The first-order valence-electron chi connectivity index (χ1n) is 5.73. The molecule has 3 N–H and O–H groups in total. The summed E-state index contributed by atoms with van der Waals surface area (Å²) in [5.41, 5.74) is 4.86. The fourth-order valence-electron chi connectivity index (χ4n) is 2.21. The fourth-order valence-corrected chi connectivity index (χ4v) is 2.21. The lowest BCUT2D eigenvalue weighted by Gasteiger charge is -2.43. The van der Waals surface area contributed by atoms with Gasteiger partial charge in [0.05, 0.1) is 23.9 Å². The minimum Gasteiger partial charge on any atom is -0.394 e. The largest absolute Gasteiger partial charge is 0.394 e. The first-order valence-corrected chi connectivity index (χ1v) is 5.73. The quantitative estimate of drug-likeness (QED) is 0.666. The molecule has 0 aromatic carbocycles. The maximum Gasteiger partial charge on any atom is 0.242 e. The van der Waals surface area contributed by atoms with Gasteiger partial charge in [0.1, 0.15) is 0 Å². The van der Waals surface area contributed by atoms with Gasteiger partial charge in [-0.05, 0) is 26.7 Å². The Kier molecular flexibility index (Phi) is 2.72. The highest BCUT2D eigenvalue weighted by Gasteiger charge is 2.50. The number of nitrogens with zero attached hydrogens (tertiary/aromatic N) is 1. The van der Waals surface area contributed by atoms with E-state index in [0.717, 1.165) is 12.8 Å². The molecule has 2 fully saturated rings. The van der Waals surface area contributed by atoms with Crippen LogP contribution in [0.15, 0.2) is 0 Å². The summed E-state index contributed by atoms with van der Waals surface area (Å²) in [4.78, 5) is 13.8. The van der Waals surface area contributed by atoms with Crippen molar-refractivity contribution >= 4 is 5.91 Å². The molecule has 1 saturated heterocycles. The van der Waals surface area contributed by atoms with Gasteiger partial charge in [-0.15, -0.1) is 0 Å². The van der Waals surface area contributed by atoms with E-state index in [1.807, 2.05) is 13.8 Å². The predicted molar refractivity (Wildman–Crippen MR) is 58.8 cm³/mol. The van der Waals surface area contributed by atoms with Crippen molar-refractivity contribution in [2.24, 2.45) is 5.73 Å². The molecule has 1 aliphatic carbocycles. The SMILES string of the molecule is CC1(C)CN(C(=O)C2(N)CC2)CC(CO)O1. The minimum absolute atomic E-state index is 0.00215. The van der Waals surface area contributed by atoms with Crippen molar-refractivity contribution in [3.63, 3.8) is 0 Å². The van der Waals surface area contributed by atoms with Gasteiger partial charge in [-0.25, -0.2) is 0 Å². The molecule has 2 rings (SSSR count). The lowest BCUT2D eigenvalue weighted by molar-refractivity contribution is -0.168. The number of aliphatic hydroxyl groups excluding tert-OH is 1. The van der Waals surface area contributed by atoms with E-state index < -0.39 is 11.1 Å². The Morgan fingerprint density at radius 2 is 2.19 bits per heavy atom. The first kappa shape index (κ1) is 11.8. The number of amides is 1. The maximum absolute atomic E-state index is 12.1. The van der Waals surface area contributed by atoms with Crippen molar-refractivity contribution in [3.05, 3.63) is 0 Å². The highest BCUT2D eigenvalue weighted by Crippen LogP contribution is 2.35. The van der Waals surface area contributed by atoms with E-state index in [-0.39, 0.29) is 18.6 Å². The second-order valence-electron chi connectivity index (χ2n) is 5.52. The summed E-state index contributed by atoms with van der Waals surface area (Å²) in [5.74, 6) is 0.00215. The van der Waals surface area contributed by atoms with Gasteiger partial charge in [0.15, 0.2) is 0 Å². The van der Waals surface area contributed by atoms with Crippen LogP contribution in [-0.4, -0.2) is 52.9 Å². The smallest absolute Gasteiger partial charge is 0.242 e. The molecule has 1 atom stereocenters. The van der Waals surface area contributed by atoms with Gasteiger partial charge in [0.25, 0.3) is 0 Å². The van der Waals surface area contributed by atoms with Crippen LogP contribution in [0.1, 0.15) is 26.7 Å². The van der Waals surface area contributed by atoms with Crippen LogP contribution in [0.3, 0.4) is 0 Å². The third-order valence-corrected chi connectivity index (χ3v) is 3.19. The average Bonchev–Trinajstić information content (AvgIpc) is 2.94. The van der Waals surface area contributed by atoms with E-state index in [0.29, 0.717) is 13.1 Å². The normalized spacial score (nSPS) is 31.2. The molecule has 5 heteroatoms. The Hall–Kier alpha value is -0.650. The number of carbonyl (C=O) groups is 1. The van der Waals surface area contributed by atoms with Gasteiger partial charge >= 0.3 is 0 Å². The molecule has 0 aromatic heterocycles. The average molecular weight is 228 g/mol. The Labute approximate surface area is 95.5 Å². The van der Waals surface area contributed by atoms with E-state index in [1.165, 1.54) is 0 Å². The van der Waals surface area contributed by atoms with Crippen LogP contribution in [-0.2, 0) is 9.53 Å². The number of nitrogens with two attached hydrogens (primary N) is 1. The summed E-state index contributed by atoms with van der Waals surface area (Å²) in [7, 11) is 0. The third-order valence-electron chi connectivity index (χ3n) is 3.19. The van der Waals surface area contributed by atoms with E-state index >= 15 is 0 Å². The molecule has 92 valence electrons. The highest BCUT2D eigenvalue weighted by atomic mass is 16.5. The van der Waals surface area contributed by atoms with E-state index in [4.69, 9.17) is 15.6 Å². The van der Waals surface area contributed by atoms with Crippen molar-refractivity contribution in [1.29, 1.82) is 0 Å². The molecule has 2 aliphatic rings. The molecule has 0 radical (unpaired) electrons. The number of aliphatic hydroxyl groups is 1. The first-order chi connectivity index (χ1) is 7.36. The predicted octanol–water partition coefficient (Wildman–Crippen LogP) is -0.524. The summed E-state index contributed by atoms with van der Waals surface area (Å²) in [6.07, 6.45) is 1.25. The highest BCUT2D eigenvalue weighted by molar-refractivity contribution is 5.89. The van der Waals surface area contributed by atoms with Crippen molar-refractivity contribution in [1.82, 2.24) is 4.90 Å². The molecule has 5 nitrogen and oxygen atoms in total. The molecule has 1 amide bonds. The third kappa shape index (κ3) is 2.21. The van der Waals surface area contributed by atoms with E-state index in [9.17, 15) is 4.79 Å². The molecule has 1 saturated carbocycles. The summed E-state index contributed by atoms with van der Waals surface area (Å²) in [6, 6.07) is 0. The van der Waals surface area contributed by atoms with Gasteiger partial charge in [-0.3, -0.25) is 4.79 Å². The number of morpholine rings is 1. The zero-order valence-corrected chi connectivity index (χ0v) is 9.90. The number of carbonyl (C=O) groups excluding carboxylic acids is 1. The Bertz CT molecular complexity index is 300. The molecule has 1 unspecified atom stereocenters. The molecule has 16 heavy (non-hydrogen) atoms. The van der Waals surface area contributed by atoms with Gasteiger partial charge in [0, 0.05) is 13.1 Å².